The molecule has 4 nitrogen and oxygen atoms in total. The van der Waals surface area contributed by atoms with Crippen molar-refractivity contribution in [3.8, 4) is 6.07 Å². The molecule has 0 fully saturated rings. The first kappa shape index (κ1) is 17.3. The Hall–Kier alpha value is -3.06. The maximum Gasteiger partial charge on any atom is 0.328 e. The summed E-state index contributed by atoms with van der Waals surface area (Å²) < 4.78 is 5.13. The maximum atomic E-state index is 12.2. The Morgan fingerprint density at radius 1 is 1.17 bits per heavy atom. The summed E-state index contributed by atoms with van der Waals surface area (Å²) in [6, 6.07) is 20.7. The van der Waals surface area contributed by atoms with Gasteiger partial charge in [0.2, 0.25) is 0 Å². The number of hydrogen-bond donors (Lipinski definition) is 1. The third-order valence-corrected chi connectivity index (χ3v) is 3.49. The van der Waals surface area contributed by atoms with Gasteiger partial charge in [-0.05, 0) is 18.1 Å². The van der Waals surface area contributed by atoms with Crippen molar-refractivity contribution in [1.82, 2.24) is 5.32 Å². The number of allylic oxidation sites excluding steroid dienone is 1. The summed E-state index contributed by atoms with van der Waals surface area (Å²) in [7, 11) is 0. The van der Waals surface area contributed by atoms with E-state index >= 15 is 0 Å². The van der Waals surface area contributed by atoms with E-state index in [1.165, 1.54) is 0 Å². The fourth-order valence-corrected chi connectivity index (χ4v) is 2.28. The minimum atomic E-state index is -0.542. The van der Waals surface area contributed by atoms with Gasteiger partial charge in [0.05, 0.1) is 12.2 Å². The molecule has 1 atom stereocenters. The number of esters is 1. The van der Waals surface area contributed by atoms with Crippen molar-refractivity contribution in [1.29, 1.82) is 5.26 Å². The predicted molar refractivity (Wildman–Crippen MR) is 93.7 cm³/mol. The third-order valence-electron chi connectivity index (χ3n) is 3.49. The quantitative estimate of drug-likeness (QED) is 0.628. The van der Waals surface area contributed by atoms with E-state index < -0.39 is 6.04 Å². The largest absolute Gasteiger partial charge is 0.464 e. The van der Waals surface area contributed by atoms with Crippen molar-refractivity contribution >= 4 is 11.5 Å². The van der Waals surface area contributed by atoms with E-state index in [2.05, 4.69) is 11.4 Å². The van der Waals surface area contributed by atoms with Crippen LogP contribution in [0.25, 0.3) is 5.57 Å². The zero-order valence-corrected chi connectivity index (χ0v) is 13.6. The second kappa shape index (κ2) is 9.16. The van der Waals surface area contributed by atoms with E-state index in [1.807, 2.05) is 60.7 Å². The second-order valence-electron chi connectivity index (χ2n) is 5.20. The Labute approximate surface area is 142 Å². The molecule has 2 aromatic rings. The minimum Gasteiger partial charge on any atom is -0.464 e. The maximum absolute atomic E-state index is 12.2. The van der Waals surface area contributed by atoms with Gasteiger partial charge in [0.25, 0.3) is 0 Å². The third kappa shape index (κ3) is 4.99. The van der Waals surface area contributed by atoms with Crippen molar-refractivity contribution in [2.75, 3.05) is 6.61 Å². The summed E-state index contributed by atoms with van der Waals surface area (Å²) >= 11 is 0. The zero-order chi connectivity index (χ0) is 17.2. The number of hydrogen-bond acceptors (Lipinski definition) is 4. The van der Waals surface area contributed by atoms with E-state index in [0.717, 1.165) is 11.1 Å². The highest BCUT2D eigenvalue weighted by Crippen LogP contribution is 2.12. The molecule has 2 aromatic carbocycles. The molecule has 0 spiro atoms. The fourth-order valence-electron chi connectivity index (χ4n) is 2.28. The lowest BCUT2D eigenvalue weighted by Gasteiger charge is -2.16. The van der Waals surface area contributed by atoms with Crippen LogP contribution >= 0.6 is 0 Å². The summed E-state index contributed by atoms with van der Waals surface area (Å²) in [4.78, 5) is 12.2. The molecule has 1 N–H and O–H groups in total. The van der Waals surface area contributed by atoms with Gasteiger partial charge >= 0.3 is 5.97 Å². The number of nitriles is 1. The molecule has 24 heavy (non-hydrogen) atoms. The molecule has 0 saturated carbocycles. The average Bonchev–Trinajstić information content (AvgIpc) is 2.63. The summed E-state index contributed by atoms with van der Waals surface area (Å²) in [6.45, 7) is 2.09. The van der Waals surface area contributed by atoms with Gasteiger partial charge in [0, 0.05) is 12.6 Å². The van der Waals surface area contributed by atoms with Gasteiger partial charge in [-0.25, -0.2) is 4.79 Å². The first-order chi connectivity index (χ1) is 11.7. The number of nitrogens with zero attached hydrogens (tertiary/aromatic N) is 1. The Kier molecular flexibility index (Phi) is 6.60. The van der Waals surface area contributed by atoms with Crippen LogP contribution in [0.4, 0.5) is 0 Å². The number of carbonyl (C=O) groups is 1. The molecule has 0 aliphatic heterocycles. The smallest absolute Gasteiger partial charge is 0.328 e. The fraction of sp³-hybridized carbons (Fsp3) is 0.200. The minimum absolute atomic E-state index is 0.319. The first-order valence-corrected chi connectivity index (χ1v) is 7.87. The van der Waals surface area contributed by atoms with Crippen LogP contribution in [-0.4, -0.2) is 18.6 Å². The molecule has 0 aliphatic carbocycles. The molecule has 0 amide bonds. The van der Waals surface area contributed by atoms with Crippen LogP contribution in [0.15, 0.2) is 66.9 Å². The van der Waals surface area contributed by atoms with E-state index in [0.29, 0.717) is 18.6 Å². The number of carbonyl (C=O) groups excluding carboxylic acids is 1. The van der Waals surface area contributed by atoms with Crippen molar-refractivity contribution in [2.45, 2.75) is 19.4 Å². The molecule has 0 saturated heterocycles. The normalized spacial score (nSPS) is 12.1. The van der Waals surface area contributed by atoms with Crippen LogP contribution in [0.1, 0.15) is 18.1 Å². The number of rotatable bonds is 7. The molecule has 0 bridgehead atoms. The van der Waals surface area contributed by atoms with Crippen molar-refractivity contribution < 1.29 is 9.53 Å². The lowest BCUT2D eigenvalue weighted by atomic mass is 10.1. The van der Waals surface area contributed by atoms with E-state index in [1.54, 1.807) is 13.1 Å². The standard InChI is InChI=1S/C20H20N2O2/c1-2-24-20(23)19(13-16-9-5-3-6-10-16)22-15-18(14-21)17-11-7-4-8-12-17/h3-12,15,19,22H,2,13H2,1H3/b18-15+/t19-/m0/s1. The highest BCUT2D eigenvalue weighted by atomic mass is 16.5. The van der Waals surface area contributed by atoms with Crippen molar-refractivity contribution in [3.63, 3.8) is 0 Å². The van der Waals surface area contributed by atoms with Gasteiger partial charge in [-0.3, -0.25) is 0 Å². The average molecular weight is 320 g/mol. The summed E-state index contributed by atoms with van der Waals surface area (Å²) in [5, 5.41) is 12.4. The predicted octanol–water partition coefficient (Wildman–Crippen LogP) is 3.32. The van der Waals surface area contributed by atoms with E-state index in [4.69, 9.17) is 4.74 Å². The molecule has 0 heterocycles. The Morgan fingerprint density at radius 2 is 1.79 bits per heavy atom. The van der Waals surface area contributed by atoms with Crippen LogP contribution in [0.2, 0.25) is 0 Å². The van der Waals surface area contributed by atoms with Crippen LogP contribution in [0, 0.1) is 11.3 Å². The van der Waals surface area contributed by atoms with E-state index in [9.17, 15) is 10.1 Å². The van der Waals surface area contributed by atoms with Gasteiger partial charge in [0.15, 0.2) is 0 Å². The lowest BCUT2D eigenvalue weighted by molar-refractivity contribution is -0.145. The van der Waals surface area contributed by atoms with Crippen LogP contribution < -0.4 is 5.32 Å². The van der Waals surface area contributed by atoms with Crippen LogP contribution in [0.5, 0.6) is 0 Å². The number of nitrogens with one attached hydrogen (secondary N) is 1. The molecular weight excluding hydrogens is 300 g/mol. The zero-order valence-electron chi connectivity index (χ0n) is 13.6. The van der Waals surface area contributed by atoms with Crippen LogP contribution in [0.3, 0.4) is 0 Å². The monoisotopic (exact) mass is 320 g/mol. The number of benzene rings is 2. The van der Waals surface area contributed by atoms with Gasteiger partial charge in [0.1, 0.15) is 12.1 Å². The lowest BCUT2D eigenvalue weighted by Crippen LogP contribution is -2.37. The van der Waals surface area contributed by atoms with Gasteiger partial charge in [-0.1, -0.05) is 60.7 Å². The molecule has 0 aliphatic rings. The Balaban J connectivity index is 2.16. The Bertz CT molecular complexity index is 718. The topological polar surface area (TPSA) is 62.1 Å². The van der Waals surface area contributed by atoms with Crippen LogP contribution in [-0.2, 0) is 16.0 Å². The van der Waals surface area contributed by atoms with Gasteiger partial charge in [-0.15, -0.1) is 0 Å². The van der Waals surface area contributed by atoms with Gasteiger partial charge in [-0.2, -0.15) is 5.26 Å². The molecule has 0 aromatic heterocycles. The molecule has 0 radical (unpaired) electrons. The molecule has 2 rings (SSSR count). The Morgan fingerprint density at radius 3 is 2.38 bits per heavy atom. The molecule has 122 valence electrons. The highest BCUT2D eigenvalue weighted by molar-refractivity contribution is 5.79. The van der Waals surface area contributed by atoms with Crippen molar-refractivity contribution in [3.05, 3.63) is 78.0 Å². The SMILES string of the molecule is CCOC(=O)[C@H](Cc1ccccc1)N/C=C(\C#N)c1ccccc1. The molecule has 0 unspecified atom stereocenters. The molecule has 4 heteroatoms. The second-order valence-corrected chi connectivity index (χ2v) is 5.20. The van der Waals surface area contributed by atoms with E-state index in [-0.39, 0.29) is 5.97 Å². The summed E-state index contributed by atoms with van der Waals surface area (Å²) in [5.74, 6) is -0.331. The van der Waals surface area contributed by atoms with Crippen molar-refractivity contribution in [2.24, 2.45) is 0 Å². The first-order valence-electron chi connectivity index (χ1n) is 7.87. The highest BCUT2D eigenvalue weighted by Gasteiger charge is 2.19. The van der Waals surface area contributed by atoms with Gasteiger partial charge < -0.3 is 10.1 Å². The summed E-state index contributed by atoms with van der Waals surface area (Å²) in [6.07, 6.45) is 2.07. The molecular formula is C20H20N2O2. The summed E-state index contributed by atoms with van der Waals surface area (Å²) in [5.41, 5.74) is 2.29. The number of ether oxygens (including phenoxy) is 1.